The number of hydrogen-bond donors (Lipinski definition) is 1. The molecule has 1 fully saturated rings. The third-order valence-electron chi connectivity index (χ3n) is 3.80. The van der Waals surface area contributed by atoms with E-state index in [1.165, 1.54) is 5.56 Å². The number of hydrogen-bond acceptors (Lipinski definition) is 3. The molecule has 98 valence electrons. The lowest BCUT2D eigenvalue weighted by molar-refractivity contribution is 0.170. The van der Waals surface area contributed by atoms with Crippen molar-refractivity contribution in [1.82, 2.24) is 5.32 Å². The van der Waals surface area contributed by atoms with Crippen LogP contribution in [0.15, 0.2) is 6.07 Å². The van der Waals surface area contributed by atoms with Crippen LogP contribution in [0.2, 0.25) is 5.02 Å². The molecule has 2 heterocycles. The topological polar surface area (TPSA) is 30.5 Å². The number of nitrogens with one attached hydrogen (secondary N) is 1. The van der Waals surface area contributed by atoms with Crippen LogP contribution in [0.5, 0.6) is 11.5 Å². The van der Waals surface area contributed by atoms with Gasteiger partial charge in [0.1, 0.15) is 13.2 Å². The van der Waals surface area contributed by atoms with Crippen LogP contribution in [-0.4, -0.2) is 26.3 Å². The summed E-state index contributed by atoms with van der Waals surface area (Å²) in [5, 5.41) is 4.23. The number of ether oxygens (including phenoxy) is 2. The summed E-state index contributed by atoms with van der Waals surface area (Å²) in [7, 11) is 0. The van der Waals surface area contributed by atoms with Gasteiger partial charge in [-0.3, -0.25) is 0 Å². The van der Waals surface area contributed by atoms with Crippen molar-refractivity contribution in [3.63, 3.8) is 0 Å². The molecule has 0 bridgehead atoms. The largest absolute Gasteiger partial charge is 0.486 e. The minimum absolute atomic E-state index is 0.535. The van der Waals surface area contributed by atoms with Crippen LogP contribution in [-0.2, 0) is 0 Å². The number of rotatable bonds is 1. The van der Waals surface area contributed by atoms with Gasteiger partial charge >= 0.3 is 0 Å². The van der Waals surface area contributed by atoms with E-state index in [9.17, 15) is 0 Å². The van der Waals surface area contributed by atoms with Gasteiger partial charge < -0.3 is 14.8 Å². The fraction of sp³-hybridized carbons (Fsp3) is 0.571. The third kappa shape index (κ3) is 2.06. The first-order chi connectivity index (χ1) is 8.77. The Hall–Kier alpha value is -0.930. The first kappa shape index (κ1) is 12.1. The van der Waals surface area contributed by atoms with Crippen LogP contribution in [0.4, 0.5) is 0 Å². The van der Waals surface area contributed by atoms with Gasteiger partial charge in [-0.25, -0.2) is 0 Å². The molecular weight excluding hydrogens is 250 g/mol. The lowest BCUT2D eigenvalue weighted by atomic mass is 9.89. The quantitative estimate of drug-likeness (QED) is 0.849. The summed E-state index contributed by atoms with van der Waals surface area (Å²) in [5.41, 5.74) is 2.24. The van der Waals surface area contributed by atoms with Gasteiger partial charge in [0.15, 0.2) is 11.5 Å². The molecule has 0 amide bonds. The maximum absolute atomic E-state index is 6.51. The van der Waals surface area contributed by atoms with Gasteiger partial charge in [0.25, 0.3) is 0 Å². The maximum atomic E-state index is 6.51. The van der Waals surface area contributed by atoms with Crippen LogP contribution in [0.1, 0.15) is 29.9 Å². The number of halogens is 1. The molecule has 0 unspecified atom stereocenters. The highest BCUT2D eigenvalue weighted by molar-refractivity contribution is 6.32. The maximum Gasteiger partial charge on any atom is 0.165 e. The second kappa shape index (κ2) is 4.98. The van der Waals surface area contributed by atoms with Crippen LogP contribution < -0.4 is 14.8 Å². The molecule has 1 aromatic carbocycles. The van der Waals surface area contributed by atoms with E-state index in [-0.39, 0.29) is 0 Å². The number of piperidine rings is 1. The van der Waals surface area contributed by atoms with Gasteiger partial charge in [-0.1, -0.05) is 11.6 Å². The molecule has 0 aliphatic carbocycles. The SMILES string of the molecule is Cc1c(Cl)c(C2CCNCC2)cc2c1OCCO2. The molecular formula is C14H18ClNO2. The van der Waals surface area contributed by atoms with E-state index in [0.29, 0.717) is 19.1 Å². The highest BCUT2D eigenvalue weighted by Crippen LogP contribution is 2.43. The predicted molar refractivity (Wildman–Crippen MR) is 72.0 cm³/mol. The van der Waals surface area contributed by atoms with Crippen LogP contribution in [0.3, 0.4) is 0 Å². The summed E-state index contributed by atoms with van der Waals surface area (Å²) in [5.74, 6) is 2.22. The Labute approximate surface area is 112 Å². The Kier molecular flexibility index (Phi) is 3.35. The molecule has 3 rings (SSSR count). The average Bonchev–Trinajstić information content (AvgIpc) is 2.44. The summed E-state index contributed by atoms with van der Waals surface area (Å²) in [6.45, 7) is 5.37. The third-order valence-corrected chi connectivity index (χ3v) is 4.30. The molecule has 1 saturated heterocycles. The van der Waals surface area contributed by atoms with Crippen molar-refractivity contribution < 1.29 is 9.47 Å². The van der Waals surface area contributed by atoms with E-state index in [4.69, 9.17) is 21.1 Å². The Bertz CT molecular complexity index is 456. The van der Waals surface area contributed by atoms with E-state index < -0.39 is 0 Å². The molecule has 0 saturated carbocycles. The van der Waals surface area contributed by atoms with Crippen molar-refractivity contribution in [3.05, 3.63) is 22.2 Å². The van der Waals surface area contributed by atoms with Gasteiger partial charge in [-0.05, 0) is 50.4 Å². The standard InChI is InChI=1S/C14H18ClNO2/c1-9-13(15)11(10-2-4-16-5-3-10)8-12-14(9)18-7-6-17-12/h8,10,16H,2-7H2,1H3. The first-order valence-corrected chi connectivity index (χ1v) is 6.94. The Morgan fingerprint density at radius 2 is 1.94 bits per heavy atom. The zero-order valence-electron chi connectivity index (χ0n) is 10.6. The summed E-state index contributed by atoms with van der Waals surface area (Å²) in [4.78, 5) is 0. The van der Waals surface area contributed by atoms with Crippen molar-refractivity contribution in [2.45, 2.75) is 25.7 Å². The molecule has 18 heavy (non-hydrogen) atoms. The molecule has 0 radical (unpaired) electrons. The van der Waals surface area contributed by atoms with Crippen molar-refractivity contribution in [2.75, 3.05) is 26.3 Å². The molecule has 1 aromatic rings. The minimum Gasteiger partial charge on any atom is -0.486 e. The van der Waals surface area contributed by atoms with Crippen molar-refractivity contribution in [3.8, 4) is 11.5 Å². The van der Waals surface area contributed by atoms with E-state index >= 15 is 0 Å². The van der Waals surface area contributed by atoms with E-state index in [2.05, 4.69) is 11.4 Å². The van der Waals surface area contributed by atoms with Gasteiger partial charge in [-0.15, -0.1) is 0 Å². The first-order valence-electron chi connectivity index (χ1n) is 6.56. The summed E-state index contributed by atoms with van der Waals surface area (Å²) < 4.78 is 11.3. The molecule has 2 aliphatic heterocycles. The Morgan fingerprint density at radius 3 is 2.72 bits per heavy atom. The van der Waals surface area contributed by atoms with Gasteiger partial charge in [0.2, 0.25) is 0 Å². The lowest BCUT2D eigenvalue weighted by Crippen LogP contribution is -2.27. The molecule has 1 N–H and O–H groups in total. The van der Waals surface area contributed by atoms with Crippen molar-refractivity contribution in [1.29, 1.82) is 0 Å². The monoisotopic (exact) mass is 267 g/mol. The van der Waals surface area contributed by atoms with Crippen LogP contribution >= 0.6 is 11.6 Å². The zero-order valence-corrected chi connectivity index (χ0v) is 11.3. The van der Waals surface area contributed by atoms with Gasteiger partial charge in [-0.2, -0.15) is 0 Å². The minimum atomic E-state index is 0.535. The summed E-state index contributed by atoms with van der Waals surface area (Å²) in [6.07, 6.45) is 2.28. The molecule has 3 nitrogen and oxygen atoms in total. The molecule has 0 spiro atoms. The predicted octanol–water partition coefficient (Wildman–Crippen LogP) is 2.89. The number of fused-ring (bicyclic) bond motifs is 1. The number of benzene rings is 1. The average molecular weight is 268 g/mol. The van der Waals surface area contributed by atoms with Crippen molar-refractivity contribution >= 4 is 11.6 Å². The second-order valence-electron chi connectivity index (χ2n) is 4.95. The van der Waals surface area contributed by atoms with E-state index in [1.807, 2.05) is 6.92 Å². The van der Waals surface area contributed by atoms with Crippen molar-refractivity contribution in [2.24, 2.45) is 0 Å². The fourth-order valence-electron chi connectivity index (χ4n) is 2.78. The van der Waals surface area contributed by atoms with E-state index in [1.54, 1.807) is 0 Å². The highest BCUT2D eigenvalue weighted by Gasteiger charge is 2.24. The normalized spacial score (nSPS) is 19.9. The second-order valence-corrected chi connectivity index (χ2v) is 5.33. The highest BCUT2D eigenvalue weighted by atomic mass is 35.5. The zero-order chi connectivity index (χ0) is 12.5. The van der Waals surface area contributed by atoms with Crippen LogP contribution in [0, 0.1) is 6.92 Å². The Morgan fingerprint density at radius 1 is 1.22 bits per heavy atom. The molecule has 2 aliphatic rings. The molecule has 4 heteroatoms. The molecule has 0 atom stereocenters. The summed E-state index contributed by atoms with van der Waals surface area (Å²) in [6, 6.07) is 2.08. The lowest BCUT2D eigenvalue weighted by Gasteiger charge is -2.27. The van der Waals surface area contributed by atoms with E-state index in [0.717, 1.165) is 48.0 Å². The molecule has 0 aromatic heterocycles. The summed E-state index contributed by atoms with van der Waals surface area (Å²) >= 11 is 6.51. The van der Waals surface area contributed by atoms with Crippen LogP contribution in [0.25, 0.3) is 0 Å². The van der Waals surface area contributed by atoms with Gasteiger partial charge in [0.05, 0.1) is 5.02 Å². The fourth-order valence-corrected chi connectivity index (χ4v) is 3.08. The van der Waals surface area contributed by atoms with Gasteiger partial charge in [0, 0.05) is 5.56 Å². The smallest absolute Gasteiger partial charge is 0.165 e. The Balaban J connectivity index is 2.01.